The summed E-state index contributed by atoms with van der Waals surface area (Å²) in [7, 11) is 0. The number of rotatable bonds is 6. The Hall–Kier alpha value is -1.68. The van der Waals surface area contributed by atoms with Crippen molar-refractivity contribution in [3.63, 3.8) is 0 Å². The SMILES string of the molecule is CCn1cccc1CNCCc1cc(F)cc(F)c1. The fraction of sp³-hybridized carbons (Fsp3) is 0.333. The second-order valence-corrected chi connectivity index (χ2v) is 4.49. The van der Waals surface area contributed by atoms with Crippen LogP contribution in [0.5, 0.6) is 0 Å². The second-order valence-electron chi connectivity index (χ2n) is 4.49. The average molecular weight is 264 g/mol. The first-order chi connectivity index (χ1) is 9.19. The van der Waals surface area contributed by atoms with Crippen LogP contribution in [0.25, 0.3) is 0 Å². The van der Waals surface area contributed by atoms with Crippen LogP contribution in [-0.4, -0.2) is 11.1 Å². The highest BCUT2D eigenvalue weighted by molar-refractivity contribution is 5.18. The van der Waals surface area contributed by atoms with Crippen molar-refractivity contribution < 1.29 is 8.78 Å². The molecular formula is C15H18F2N2. The lowest BCUT2D eigenvalue weighted by Crippen LogP contribution is -2.18. The molecule has 0 fully saturated rings. The Morgan fingerprint density at radius 3 is 2.58 bits per heavy atom. The van der Waals surface area contributed by atoms with E-state index in [1.165, 1.54) is 17.8 Å². The molecule has 1 heterocycles. The van der Waals surface area contributed by atoms with Crippen molar-refractivity contribution in [2.75, 3.05) is 6.54 Å². The highest BCUT2D eigenvalue weighted by atomic mass is 19.1. The summed E-state index contributed by atoms with van der Waals surface area (Å²) in [4.78, 5) is 0. The second kappa shape index (κ2) is 6.48. The molecule has 19 heavy (non-hydrogen) atoms. The fourth-order valence-electron chi connectivity index (χ4n) is 2.12. The Balaban J connectivity index is 1.80. The van der Waals surface area contributed by atoms with Crippen molar-refractivity contribution in [2.45, 2.75) is 26.4 Å². The minimum Gasteiger partial charge on any atom is -0.351 e. The molecule has 0 saturated carbocycles. The van der Waals surface area contributed by atoms with Gasteiger partial charge in [-0.2, -0.15) is 0 Å². The predicted molar refractivity (Wildman–Crippen MR) is 71.9 cm³/mol. The van der Waals surface area contributed by atoms with Gasteiger partial charge in [0.2, 0.25) is 0 Å². The van der Waals surface area contributed by atoms with Crippen LogP contribution in [0.1, 0.15) is 18.2 Å². The number of nitrogens with one attached hydrogen (secondary N) is 1. The molecule has 0 spiro atoms. The maximum atomic E-state index is 13.0. The van der Waals surface area contributed by atoms with Gasteiger partial charge in [0.15, 0.2) is 0 Å². The quantitative estimate of drug-likeness (QED) is 0.793. The van der Waals surface area contributed by atoms with Gasteiger partial charge in [-0.25, -0.2) is 8.78 Å². The Bertz CT molecular complexity index is 514. The lowest BCUT2D eigenvalue weighted by Gasteiger charge is -2.08. The van der Waals surface area contributed by atoms with E-state index < -0.39 is 11.6 Å². The number of hydrogen-bond donors (Lipinski definition) is 1. The minimum absolute atomic E-state index is 0.519. The van der Waals surface area contributed by atoms with Crippen molar-refractivity contribution in [1.82, 2.24) is 9.88 Å². The first kappa shape index (κ1) is 13.7. The maximum Gasteiger partial charge on any atom is 0.126 e. The van der Waals surface area contributed by atoms with E-state index in [0.717, 1.165) is 19.2 Å². The summed E-state index contributed by atoms with van der Waals surface area (Å²) in [5.41, 5.74) is 1.89. The summed E-state index contributed by atoms with van der Waals surface area (Å²) in [6.45, 7) is 4.49. The van der Waals surface area contributed by atoms with Gasteiger partial charge >= 0.3 is 0 Å². The van der Waals surface area contributed by atoms with Crippen molar-refractivity contribution in [1.29, 1.82) is 0 Å². The molecule has 0 unspecified atom stereocenters. The summed E-state index contributed by atoms with van der Waals surface area (Å²) >= 11 is 0. The summed E-state index contributed by atoms with van der Waals surface area (Å²) in [5, 5.41) is 3.28. The van der Waals surface area contributed by atoms with Crippen LogP contribution in [0.2, 0.25) is 0 Å². The Morgan fingerprint density at radius 1 is 1.16 bits per heavy atom. The third-order valence-corrected chi connectivity index (χ3v) is 3.08. The molecular weight excluding hydrogens is 246 g/mol. The van der Waals surface area contributed by atoms with Crippen LogP contribution in [0.15, 0.2) is 36.5 Å². The highest BCUT2D eigenvalue weighted by Crippen LogP contribution is 2.08. The molecule has 4 heteroatoms. The summed E-state index contributed by atoms with van der Waals surface area (Å²) < 4.78 is 28.2. The van der Waals surface area contributed by atoms with Gasteiger partial charge in [-0.3, -0.25) is 0 Å². The van der Waals surface area contributed by atoms with Gasteiger partial charge in [0.1, 0.15) is 11.6 Å². The van der Waals surface area contributed by atoms with Crippen molar-refractivity contribution in [3.8, 4) is 0 Å². The van der Waals surface area contributed by atoms with Crippen LogP contribution < -0.4 is 5.32 Å². The zero-order valence-electron chi connectivity index (χ0n) is 11.0. The lowest BCUT2D eigenvalue weighted by molar-refractivity contribution is 0.576. The monoisotopic (exact) mass is 264 g/mol. The zero-order chi connectivity index (χ0) is 13.7. The molecule has 1 aromatic carbocycles. The van der Waals surface area contributed by atoms with Crippen LogP contribution in [0, 0.1) is 11.6 Å². The van der Waals surface area contributed by atoms with Crippen LogP contribution in [0.3, 0.4) is 0 Å². The van der Waals surface area contributed by atoms with Crippen molar-refractivity contribution >= 4 is 0 Å². The Kier molecular flexibility index (Phi) is 4.68. The van der Waals surface area contributed by atoms with E-state index in [2.05, 4.69) is 22.9 Å². The summed E-state index contributed by atoms with van der Waals surface area (Å²) in [6, 6.07) is 7.73. The number of hydrogen-bond acceptors (Lipinski definition) is 1. The van der Waals surface area contributed by atoms with Gasteiger partial charge in [-0.1, -0.05) is 0 Å². The van der Waals surface area contributed by atoms with Gasteiger partial charge < -0.3 is 9.88 Å². The standard InChI is InChI=1S/C15H18F2N2/c1-2-19-7-3-4-15(19)11-18-6-5-12-8-13(16)10-14(17)9-12/h3-4,7-10,18H,2,5-6,11H2,1H3. The van der Waals surface area contributed by atoms with E-state index in [0.29, 0.717) is 18.5 Å². The number of benzene rings is 1. The molecule has 0 bridgehead atoms. The van der Waals surface area contributed by atoms with Gasteiger partial charge in [0, 0.05) is 31.0 Å². The molecule has 2 aromatic rings. The summed E-state index contributed by atoms with van der Waals surface area (Å²) in [5.74, 6) is -1.04. The summed E-state index contributed by atoms with van der Waals surface area (Å²) in [6.07, 6.45) is 2.65. The molecule has 0 atom stereocenters. The van der Waals surface area contributed by atoms with E-state index in [4.69, 9.17) is 0 Å². The third kappa shape index (κ3) is 3.89. The fourth-order valence-corrected chi connectivity index (χ4v) is 2.12. The number of nitrogens with zero attached hydrogens (tertiary/aromatic N) is 1. The molecule has 102 valence electrons. The Morgan fingerprint density at radius 2 is 1.89 bits per heavy atom. The van der Waals surface area contributed by atoms with Gasteiger partial charge in [-0.05, 0) is 49.7 Å². The zero-order valence-corrected chi connectivity index (χ0v) is 11.0. The van der Waals surface area contributed by atoms with Crippen LogP contribution in [0.4, 0.5) is 8.78 Å². The third-order valence-electron chi connectivity index (χ3n) is 3.08. The largest absolute Gasteiger partial charge is 0.351 e. The average Bonchev–Trinajstić information content (AvgIpc) is 2.81. The number of aromatic nitrogens is 1. The molecule has 2 rings (SSSR count). The minimum atomic E-state index is -0.519. The number of halogens is 2. The van der Waals surface area contributed by atoms with E-state index >= 15 is 0 Å². The van der Waals surface area contributed by atoms with E-state index in [1.807, 2.05) is 12.3 Å². The molecule has 0 radical (unpaired) electrons. The van der Waals surface area contributed by atoms with Crippen LogP contribution >= 0.6 is 0 Å². The molecule has 1 N–H and O–H groups in total. The predicted octanol–water partition coefficient (Wildman–Crippen LogP) is 3.12. The van der Waals surface area contributed by atoms with Gasteiger partial charge in [0.05, 0.1) is 0 Å². The molecule has 0 aliphatic rings. The maximum absolute atomic E-state index is 13.0. The molecule has 0 aliphatic heterocycles. The lowest BCUT2D eigenvalue weighted by atomic mass is 10.1. The number of aryl methyl sites for hydroxylation is 1. The van der Waals surface area contributed by atoms with Crippen molar-refractivity contribution in [3.05, 3.63) is 59.4 Å². The molecule has 0 saturated heterocycles. The van der Waals surface area contributed by atoms with Gasteiger partial charge in [-0.15, -0.1) is 0 Å². The topological polar surface area (TPSA) is 17.0 Å². The van der Waals surface area contributed by atoms with E-state index in [-0.39, 0.29) is 0 Å². The normalized spacial score (nSPS) is 10.9. The van der Waals surface area contributed by atoms with Crippen LogP contribution in [-0.2, 0) is 19.5 Å². The Labute approximate surface area is 112 Å². The molecule has 0 amide bonds. The highest BCUT2D eigenvalue weighted by Gasteiger charge is 2.01. The van der Waals surface area contributed by atoms with E-state index in [9.17, 15) is 8.78 Å². The van der Waals surface area contributed by atoms with Gasteiger partial charge in [0.25, 0.3) is 0 Å². The first-order valence-corrected chi connectivity index (χ1v) is 6.48. The molecule has 2 nitrogen and oxygen atoms in total. The van der Waals surface area contributed by atoms with E-state index in [1.54, 1.807) is 0 Å². The smallest absolute Gasteiger partial charge is 0.126 e. The van der Waals surface area contributed by atoms with Crippen molar-refractivity contribution in [2.24, 2.45) is 0 Å². The first-order valence-electron chi connectivity index (χ1n) is 6.48. The molecule has 1 aromatic heterocycles. The molecule has 0 aliphatic carbocycles.